The van der Waals surface area contributed by atoms with E-state index in [1.165, 1.54) is 24.9 Å². The summed E-state index contributed by atoms with van der Waals surface area (Å²) in [5.74, 6) is 0. The van der Waals surface area contributed by atoms with Gasteiger partial charge in [0.1, 0.15) is 5.60 Å². The van der Waals surface area contributed by atoms with Gasteiger partial charge in [0.15, 0.2) is 0 Å². The fourth-order valence-electron chi connectivity index (χ4n) is 2.50. The van der Waals surface area contributed by atoms with Gasteiger partial charge in [0.05, 0.1) is 0 Å². The predicted octanol–water partition coefficient (Wildman–Crippen LogP) is 3.21. The van der Waals surface area contributed by atoms with E-state index in [2.05, 4.69) is 40.0 Å². The molecule has 0 spiro atoms. The van der Waals surface area contributed by atoms with Crippen molar-refractivity contribution in [3.05, 3.63) is 29.8 Å². The van der Waals surface area contributed by atoms with Crippen LogP contribution in [0.4, 0.5) is 10.5 Å². The first-order valence-electron chi connectivity index (χ1n) is 8.00. The second-order valence-corrected chi connectivity index (χ2v) is 6.69. The summed E-state index contributed by atoms with van der Waals surface area (Å²) in [6, 6.07) is 8.48. The Morgan fingerprint density at radius 3 is 2.36 bits per heavy atom. The Hall–Kier alpha value is -1.75. The summed E-state index contributed by atoms with van der Waals surface area (Å²) in [7, 11) is 0. The lowest BCUT2D eigenvalue weighted by atomic mass is 10.1. The number of anilines is 1. The molecule has 1 aromatic rings. The molecule has 22 heavy (non-hydrogen) atoms. The van der Waals surface area contributed by atoms with E-state index in [4.69, 9.17) is 4.74 Å². The van der Waals surface area contributed by atoms with Crippen LogP contribution in [0.5, 0.6) is 0 Å². The summed E-state index contributed by atoms with van der Waals surface area (Å²) >= 11 is 0. The number of nitrogens with zero attached hydrogens (tertiary/aromatic N) is 1. The Kier molecular flexibility index (Phi) is 5.66. The fraction of sp³-hybridized carbons (Fsp3) is 0.588. The summed E-state index contributed by atoms with van der Waals surface area (Å²) < 4.78 is 5.15. The van der Waals surface area contributed by atoms with E-state index in [0.29, 0.717) is 6.54 Å². The van der Waals surface area contributed by atoms with E-state index in [-0.39, 0.29) is 0 Å². The van der Waals surface area contributed by atoms with Gasteiger partial charge in [-0.05, 0) is 57.7 Å². The molecule has 0 aliphatic carbocycles. The van der Waals surface area contributed by atoms with Crippen LogP contribution in [0.3, 0.4) is 0 Å². The van der Waals surface area contributed by atoms with Crippen molar-refractivity contribution in [1.29, 1.82) is 0 Å². The number of nitrogens with one attached hydrogen (secondary N) is 2. The van der Waals surface area contributed by atoms with Gasteiger partial charge in [0, 0.05) is 25.3 Å². The van der Waals surface area contributed by atoms with Crippen LogP contribution in [0.25, 0.3) is 0 Å². The van der Waals surface area contributed by atoms with Crippen molar-refractivity contribution in [1.82, 2.24) is 10.9 Å². The fourth-order valence-corrected chi connectivity index (χ4v) is 2.50. The molecule has 0 atom stereocenters. The minimum atomic E-state index is -0.484. The van der Waals surface area contributed by atoms with Crippen LogP contribution in [-0.2, 0) is 11.3 Å². The molecule has 0 saturated carbocycles. The Morgan fingerprint density at radius 2 is 1.77 bits per heavy atom. The lowest BCUT2D eigenvalue weighted by molar-refractivity contribution is 0.0497. The standard InChI is InChI=1S/C17H27N3O2/c1-17(2,3)22-16(21)19-18-13-14-7-9-15(10-8-14)20-11-5-4-6-12-20/h7-10,18H,4-6,11-13H2,1-3H3,(H,19,21). The van der Waals surface area contributed by atoms with Gasteiger partial charge in [0.25, 0.3) is 0 Å². The van der Waals surface area contributed by atoms with Crippen molar-refractivity contribution in [2.75, 3.05) is 18.0 Å². The van der Waals surface area contributed by atoms with Gasteiger partial charge in [-0.15, -0.1) is 0 Å². The van der Waals surface area contributed by atoms with Crippen LogP contribution >= 0.6 is 0 Å². The van der Waals surface area contributed by atoms with E-state index in [1.807, 2.05) is 20.8 Å². The normalized spacial score (nSPS) is 15.5. The van der Waals surface area contributed by atoms with Gasteiger partial charge in [-0.3, -0.25) is 5.43 Å². The number of piperidine rings is 1. The zero-order valence-corrected chi connectivity index (χ0v) is 13.8. The zero-order valence-electron chi connectivity index (χ0n) is 13.8. The highest BCUT2D eigenvalue weighted by molar-refractivity contribution is 5.67. The van der Waals surface area contributed by atoms with Gasteiger partial charge in [-0.2, -0.15) is 0 Å². The van der Waals surface area contributed by atoms with Gasteiger partial charge >= 0.3 is 6.09 Å². The lowest BCUT2D eigenvalue weighted by Crippen LogP contribution is -2.40. The lowest BCUT2D eigenvalue weighted by Gasteiger charge is -2.28. The third kappa shape index (κ3) is 5.56. The van der Waals surface area contributed by atoms with Crippen molar-refractivity contribution in [3.8, 4) is 0 Å². The molecule has 0 bridgehead atoms. The Labute approximate surface area is 133 Å². The number of amides is 1. The van der Waals surface area contributed by atoms with Crippen LogP contribution in [0.15, 0.2) is 24.3 Å². The van der Waals surface area contributed by atoms with Crippen LogP contribution in [0.2, 0.25) is 0 Å². The number of ether oxygens (including phenoxy) is 1. The Balaban J connectivity index is 1.75. The summed E-state index contributed by atoms with van der Waals surface area (Å²) in [6.45, 7) is 8.39. The first-order chi connectivity index (χ1) is 10.4. The first kappa shape index (κ1) is 16.6. The third-order valence-corrected chi connectivity index (χ3v) is 3.54. The van der Waals surface area contributed by atoms with Crippen LogP contribution in [0.1, 0.15) is 45.6 Å². The number of carbonyl (C=O) groups excluding carboxylic acids is 1. The number of hydrogen-bond acceptors (Lipinski definition) is 4. The van der Waals surface area contributed by atoms with E-state index >= 15 is 0 Å². The van der Waals surface area contributed by atoms with Gasteiger partial charge in [0.2, 0.25) is 0 Å². The van der Waals surface area contributed by atoms with E-state index in [0.717, 1.165) is 18.7 Å². The second-order valence-electron chi connectivity index (χ2n) is 6.69. The van der Waals surface area contributed by atoms with Gasteiger partial charge in [-0.1, -0.05) is 12.1 Å². The molecule has 1 saturated heterocycles. The molecule has 0 radical (unpaired) electrons. The topological polar surface area (TPSA) is 53.6 Å². The van der Waals surface area contributed by atoms with Crippen molar-refractivity contribution < 1.29 is 9.53 Å². The molecule has 1 heterocycles. The number of carbonyl (C=O) groups is 1. The SMILES string of the molecule is CC(C)(C)OC(=O)NNCc1ccc(N2CCCCC2)cc1. The van der Waals surface area contributed by atoms with Crippen molar-refractivity contribution in [3.63, 3.8) is 0 Å². The average Bonchev–Trinajstić information content (AvgIpc) is 2.47. The number of rotatable bonds is 4. The Morgan fingerprint density at radius 1 is 1.14 bits per heavy atom. The maximum absolute atomic E-state index is 11.5. The number of hydrazine groups is 1. The van der Waals surface area contributed by atoms with E-state index in [9.17, 15) is 4.79 Å². The molecular formula is C17H27N3O2. The van der Waals surface area contributed by atoms with Gasteiger partial charge < -0.3 is 9.64 Å². The number of hydrogen-bond donors (Lipinski definition) is 2. The molecule has 122 valence electrons. The highest BCUT2D eigenvalue weighted by Gasteiger charge is 2.15. The number of benzene rings is 1. The molecule has 2 rings (SSSR count). The molecule has 5 nitrogen and oxygen atoms in total. The molecule has 1 amide bonds. The highest BCUT2D eigenvalue weighted by Crippen LogP contribution is 2.20. The summed E-state index contributed by atoms with van der Waals surface area (Å²) in [5.41, 5.74) is 7.35. The molecule has 0 unspecified atom stereocenters. The van der Waals surface area contributed by atoms with Crippen molar-refractivity contribution in [2.24, 2.45) is 0 Å². The van der Waals surface area contributed by atoms with Crippen LogP contribution < -0.4 is 15.8 Å². The molecule has 0 aromatic heterocycles. The quantitative estimate of drug-likeness (QED) is 0.839. The average molecular weight is 305 g/mol. The third-order valence-electron chi connectivity index (χ3n) is 3.54. The van der Waals surface area contributed by atoms with Gasteiger partial charge in [-0.25, -0.2) is 10.2 Å². The van der Waals surface area contributed by atoms with Crippen LogP contribution in [0, 0.1) is 0 Å². The molecule has 1 fully saturated rings. The minimum Gasteiger partial charge on any atom is -0.443 e. The highest BCUT2D eigenvalue weighted by atomic mass is 16.6. The zero-order chi connectivity index (χ0) is 16.0. The minimum absolute atomic E-state index is 0.461. The summed E-state index contributed by atoms with van der Waals surface area (Å²) in [5, 5.41) is 0. The molecule has 5 heteroatoms. The van der Waals surface area contributed by atoms with Crippen molar-refractivity contribution in [2.45, 2.75) is 52.2 Å². The first-order valence-corrected chi connectivity index (χ1v) is 8.00. The van der Waals surface area contributed by atoms with Crippen molar-refractivity contribution >= 4 is 11.8 Å². The van der Waals surface area contributed by atoms with Crippen LogP contribution in [-0.4, -0.2) is 24.8 Å². The molecule has 2 N–H and O–H groups in total. The molecular weight excluding hydrogens is 278 g/mol. The van der Waals surface area contributed by atoms with E-state index in [1.54, 1.807) is 0 Å². The van der Waals surface area contributed by atoms with E-state index < -0.39 is 11.7 Å². The monoisotopic (exact) mass is 305 g/mol. The largest absolute Gasteiger partial charge is 0.443 e. The molecule has 1 aliphatic rings. The smallest absolute Gasteiger partial charge is 0.422 e. The Bertz CT molecular complexity index is 474. The summed E-state index contributed by atoms with van der Waals surface area (Å²) in [6.07, 6.45) is 3.44. The summed E-state index contributed by atoms with van der Waals surface area (Å²) in [4.78, 5) is 13.9. The molecule has 1 aliphatic heterocycles. The second kappa shape index (κ2) is 7.49. The molecule has 1 aromatic carbocycles. The predicted molar refractivity (Wildman–Crippen MR) is 88.7 cm³/mol. The maximum atomic E-state index is 11.5. The maximum Gasteiger partial charge on any atom is 0.422 e.